The van der Waals surface area contributed by atoms with E-state index in [1.807, 2.05) is 0 Å². The van der Waals surface area contributed by atoms with Gasteiger partial charge in [0.25, 0.3) is 0 Å². The van der Waals surface area contributed by atoms with Crippen LogP contribution in [0.2, 0.25) is 5.15 Å². The molecular formula is C12H16ClN3O2. The Bertz CT molecular complexity index is 395. The van der Waals surface area contributed by atoms with Crippen LogP contribution in [0.1, 0.15) is 5.56 Å². The highest BCUT2D eigenvalue weighted by Crippen LogP contribution is 2.05. The average molecular weight is 270 g/mol. The first-order valence-corrected chi connectivity index (χ1v) is 5.90. The number of amides is 2. The van der Waals surface area contributed by atoms with Gasteiger partial charge in [-0.2, -0.15) is 0 Å². The molecule has 0 aliphatic carbocycles. The van der Waals surface area contributed by atoms with Crippen LogP contribution in [0.4, 0.5) is 4.79 Å². The first-order valence-electron chi connectivity index (χ1n) is 5.52. The van der Waals surface area contributed by atoms with Gasteiger partial charge >= 0.3 is 6.03 Å². The lowest BCUT2D eigenvalue weighted by atomic mass is 10.3. The molecule has 1 aromatic heterocycles. The van der Waals surface area contributed by atoms with E-state index in [2.05, 4.69) is 16.9 Å². The Morgan fingerprint density at radius 3 is 2.94 bits per heavy atom. The highest BCUT2D eigenvalue weighted by molar-refractivity contribution is 6.29. The Labute approximate surface area is 111 Å². The SMILES string of the molecule is C=CCN(CCO)C(=O)NCc1ccc(Cl)nc1. The summed E-state index contributed by atoms with van der Waals surface area (Å²) in [5.74, 6) is 0. The Kier molecular flexibility index (Phi) is 6.18. The second-order valence-electron chi connectivity index (χ2n) is 3.61. The van der Waals surface area contributed by atoms with E-state index in [1.165, 1.54) is 4.90 Å². The summed E-state index contributed by atoms with van der Waals surface area (Å²) in [4.78, 5) is 17.2. The third-order valence-electron chi connectivity index (χ3n) is 2.24. The van der Waals surface area contributed by atoms with Crippen molar-refractivity contribution in [3.8, 4) is 0 Å². The molecule has 5 nitrogen and oxygen atoms in total. The molecule has 0 spiro atoms. The van der Waals surface area contributed by atoms with Crippen molar-refractivity contribution in [2.75, 3.05) is 19.7 Å². The number of nitrogens with one attached hydrogen (secondary N) is 1. The summed E-state index contributed by atoms with van der Waals surface area (Å²) in [6.45, 7) is 4.52. The molecule has 2 amide bonds. The lowest BCUT2D eigenvalue weighted by molar-refractivity contribution is 0.183. The molecule has 1 heterocycles. The molecule has 0 atom stereocenters. The van der Waals surface area contributed by atoms with Gasteiger partial charge in [-0.15, -0.1) is 6.58 Å². The summed E-state index contributed by atoms with van der Waals surface area (Å²) in [5, 5.41) is 12.0. The molecule has 98 valence electrons. The third kappa shape index (κ3) is 4.73. The van der Waals surface area contributed by atoms with E-state index in [0.29, 0.717) is 18.2 Å². The van der Waals surface area contributed by atoms with E-state index < -0.39 is 0 Å². The lowest BCUT2D eigenvalue weighted by Gasteiger charge is -2.20. The summed E-state index contributed by atoms with van der Waals surface area (Å²) < 4.78 is 0. The van der Waals surface area contributed by atoms with Crippen molar-refractivity contribution < 1.29 is 9.90 Å². The second kappa shape index (κ2) is 7.68. The first kappa shape index (κ1) is 14.5. The van der Waals surface area contributed by atoms with Crippen LogP contribution >= 0.6 is 11.6 Å². The molecule has 18 heavy (non-hydrogen) atoms. The summed E-state index contributed by atoms with van der Waals surface area (Å²) in [7, 11) is 0. The number of nitrogens with zero attached hydrogens (tertiary/aromatic N) is 2. The fraction of sp³-hybridized carbons (Fsp3) is 0.333. The molecular weight excluding hydrogens is 254 g/mol. The highest BCUT2D eigenvalue weighted by atomic mass is 35.5. The van der Waals surface area contributed by atoms with E-state index in [-0.39, 0.29) is 19.2 Å². The van der Waals surface area contributed by atoms with Crippen LogP contribution in [-0.2, 0) is 6.54 Å². The molecule has 2 N–H and O–H groups in total. The number of hydrogen-bond donors (Lipinski definition) is 2. The quantitative estimate of drug-likeness (QED) is 0.606. The van der Waals surface area contributed by atoms with Crippen LogP contribution in [0.25, 0.3) is 0 Å². The van der Waals surface area contributed by atoms with Gasteiger partial charge in [0.05, 0.1) is 6.61 Å². The Balaban J connectivity index is 2.47. The fourth-order valence-corrected chi connectivity index (χ4v) is 1.46. The lowest BCUT2D eigenvalue weighted by Crippen LogP contribution is -2.41. The molecule has 0 saturated carbocycles. The van der Waals surface area contributed by atoms with Gasteiger partial charge in [-0.05, 0) is 11.6 Å². The summed E-state index contributed by atoms with van der Waals surface area (Å²) in [5.41, 5.74) is 0.857. The van der Waals surface area contributed by atoms with Gasteiger partial charge in [-0.1, -0.05) is 23.7 Å². The van der Waals surface area contributed by atoms with Crippen molar-refractivity contribution in [3.63, 3.8) is 0 Å². The maximum absolute atomic E-state index is 11.8. The van der Waals surface area contributed by atoms with Crippen molar-refractivity contribution in [1.29, 1.82) is 0 Å². The van der Waals surface area contributed by atoms with Gasteiger partial charge in [-0.25, -0.2) is 9.78 Å². The zero-order valence-corrected chi connectivity index (χ0v) is 10.7. The normalized spacial score (nSPS) is 9.89. The maximum atomic E-state index is 11.8. The standard InChI is InChI=1S/C12H16ClN3O2/c1-2-5-16(6-7-17)12(18)15-9-10-3-4-11(13)14-8-10/h2-4,8,17H,1,5-7,9H2,(H,15,18). The molecule has 0 unspecified atom stereocenters. The van der Waals surface area contributed by atoms with E-state index in [4.69, 9.17) is 16.7 Å². The maximum Gasteiger partial charge on any atom is 0.318 e. The van der Waals surface area contributed by atoms with Gasteiger partial charge < -0.3 is 15.3 Å². The molecule has 0 fully saturated rings. The zero-order valence-electron chi connectivity index (χ0n) is 9.97. The number of pyridine rings is 1. The Morgan fingerprint density at radius 1 is 1.61 bits per heavy atom. The van der Waals surface area contributed by atoms with E-state index in [0.717, 1.165) is 5.56 Å². The average Bonchev–Trinajstić information content (AvgIpc) is 2.37. The van der Waals surface area contributed by atoms with Gasteiger partial charge in [0.2, 0.25) is 0 Å². The Hall–Kier alpha value is -1.59. The minimum absolute atomic E-state index is 0.0796. The monoisotopic (exact) mass is 269 g/mol. The van der Waals surface area contributed by atoms with Crippen molar-refractivity contribution in [2.24, 2.45) is 0 Å². The summed E-state index contributed by atoms with van der Waals surface area (Å²) in [6.07, 6.45) is 3.21. The van der Waals surface area contributed by atoms with E-state index >= 15 is 0 Å². The van der Waals surface area contributed by atoms with Crippen molar-refractivity contribution in [1.82, 2.24) is 15.2 Å². The topological polar surface area (TPSA) is 65.5 Å². The second-order valence-corrected chi connectivity index (χ2v) is 3.99. The first-order chi connectivity index (χ1) is 8.67. The van der Waals surface area contributed by atoms with Crippen molar-refractivity contribution >= 4 is 17.6 Å². The summed E-state index contributed by atoms with van der Waals surface area (Å²) >= 11 is 5.66. The number of aromatic nitrogens is 1. The number of aliphatic hydroxyl groups is 1. The minimum Gasteiger partial charge on any atom is -0.395 e. The predicted molar refractivity (Wildman–Crippen MR) is 70.3 cm³/mol. The molecule has 0 radical (unpaired) electrons. The number of hydrogen-bond acceptors (Lipinski definition) is 3. The number of carbonyl (C=O) groups excluding carboxylic acids is 1. The number of carbonyl (C=O) groups is 1. The fourth-order valence-electron chi connectivity index (χ4n) is 1.35. The molecule has 0 aliphatic heterocycles. The van der Waals surface area contributed by atoms with E-state index in [9.17, 15) is 4.79 Å². The van der Waals surface area contributed by atoms with Crippen molar-refractivity contribution in [3.05, 3.63) is 41.7 Å². The molecule has 0 aromatic carbocycles. The van der Waals surface area contributed by atoms with Gasteiger partial charge in [-0.3, -0.25) is 0 Å². The van der Waals surface area contributed by atoms with Crippen LogP contribution in [0.3, 0.4) is 0 Å². The molecule has 0 bridgehead atoms. The van der Waals surface area contributed by atoms with Gasteiger partial charge in [0.1, 0.15) is 5.15 Å². The molecule has 6 heteroatoms. The van der Waals surface area contributed by atoms with Crippen LogP contribution in [0.15, 0.2) is 31.0 Å². The van der Waals surface area contributed by atoms with Crippen molar-refractivity contribution in [2.45, 2.75) is 6.54 Å². The molecule has 1 aromatic rings. The number of rotatable bonds is 6. The van der Waals surface area contributed by atoms with Gasteiger partial charge in [0, 0.05) is 25.8 Å². The molecule has 1 rings (SSSR count). The van der Waals surface area contributed by atoms with Crippen LogP contribution < -0.4 is 5.32 Å². The zero-order chi connectivity index (χ0) is 13.4. The van der Waals surface area contributed by atoms with Crippen LogP contribution in [-0.4, -0.2) is 40.7 Å². The number of aliphatic hydroxyl groups excluding tert-OH is 1. The Morgan fingerprint density at radius 2 is 2.39 bits per heavy atom. The number of urea groups is 1. The largest absolute Gasteiger partial charge is 0.395 e. The highest BCUT2D eigenvalue weighted by Gasteiger charge is 2.10. The van der Waals surface area contributed by atoms with Crippen LogP contribution in [0.5, 0.6) is 0 Å². The molecule has 0 aliphatic rings. The van der Waals surface area contributed by atoms with Gasteiger partial charge in [0.15, 0.2) is 0 Å². The number of halogens is 1. The third-order valence-corrected chi connectivity index (χ3v) is 2.46. The van der Waals surface area contributed by atoms with Crippen LogP contribution in [0, 0.1) is 0 Å². The smallest absolute Gasteiger partial charge is 0.318 e. The minimum atomic E-state index is -0.251. The molecule has 0 saturated heterocycles. The predicted octanol–water partition coefficient (Wildman–Crippen LogP) is 1.42. The van der Waals surface area contributed by atoms with E-state index in [1.54, 1.807) is 24.4 Å². The summed E-state index contributed by atoms with van der Waals surface area (Å²) in [6, 6.07) is 3.21.